The van der Waals surface area contributed by atoms with Gasteiger partial charge in [-0.1, -0.05) is 35.9 Å². The van der Waals surface area contributed by atoms with Crippen LogP contribution < -0.4 is 10.6 Å². The molecule has 0 heterocycles. The minimum Gasteiger partial charge on any atom is -0.389 e. The van der Waals surface area contributed by atoms with Gasteiger partial charge in [0, 0.05) is 17.3 Å². The van der Waals surface area contributed by atoms with Crippen LogP contribution in [0, 0.1) is 0 Å². The second kappa shape index (κ2) is 7.11. The van der Waals surface area contributed by atoms with E-state index in [1.54, 1.807) is 43.3 Å². The molecular weight excluding hydrogens is 288 g/mol. The lowest BCUT2D eigenvalue weighted by molar-refractivity contribution is 0.199. The lowest BCUT2D eigenvalue weighted by atomic mass is 10.1. The lowest BCUT2D eigenvalue weighted by Crippen LogP contribution is -2.28. The van der Waals surface area contributed by atoms with E-state index in [0.29, 0.717) is 17.3 Å². The van der Waals surface area contributed by atoms with Crippen molar-refractivity contribution in [2.45, 2.75) is 19.6 Å². The molecule has 0 saturated heterocycles. The summed E-state index contributed by atoms with van der Waals surface area (Å²) in [5, 5.41) is 15.5. The molecule has 0 bridgehead atoms. The number of carbonyl (C=O) groups is 1. The topological polar surface area (TPSA) is 61.4 Å². The Bertz CT molecular complexity index is 612. The van der Waals surface area contributed by atoms with Gasteiger partial charge in [0.05, 0.1) is 6.10 Å². The van der Waals surface area contributed by atoms with Crippen molar-refractivity contribution >= 4 is 23.3 Å². The number of carbonyl (C=O) groups excluding carboxylic acids is 1. The van der Waals surface area contributed by atoms with Crippen LogP contribution in [-0.4, -0.2) is 11.1 Å². The molecule has 0 radical (unpaired) electrons. The Morgan fingerprint density at radius 1 is 1.24 bits per heavy atom. The van der Waals surface area contributed by atoms with Crippen LogP contribution in [0.1, 0.15) is 24.2 Å². The maximum Gasteiger partial charge on any atom is 0.319 e. The number of hydrogen-bond donors (Lipinski definition) is 3. The standard InChI is InChI=1S/C16H17ClN2O2/c1-11(20)13-5-7-15(8-6-13)19-16(21)18-10-12-3-2-4-14(17)9-12/h2-9,11,20H,10H2,1H3,(H2,18,19,21). The van der Waals surface area contributed by atoms with Crippen molar-refractivity contribution in [2.24, 2.45) is 0 Å². The molecule has 0 spiro atoms. The van der Waals surface area contributed by atoms with E-state index in [-0.39, 0.29) is 6.03 Å². The zero-order valence-corrected chi connectivity index (χ0v) is 12.4. The number of rotatable bonds is 4. The SMILES string of the molecule is CC(O)c1ccc(NC(=O)NCc2cccc(Cl)c2)cc1. The maximum absolute atomic E-state index is 11.8. The molecule has 1 unspecified atom stereocenters. The average molecular weight is 305 g/mol. The van der Waals surface area contributed by atoms with Crippen molar-refractivity contribution in [3.8, 4) is 0 Å². The summed E-state index contributed by atoms with van der Waals surface area (Å²) in [5.41, 5.74) is 2.41. The number of aliphatic hydroxyl groups is 1. The van der Waals surface area contributed by atoms with E-state index in [9.17, 15) is 9.90 Å². The first-order valence-corrected chi connectivity index (χ1v) is 7.00. The van der Waals surface area contributed by atoms with Gasteiger partial charge in [-0.15, -0.1) is 0 Å². The van der Waals surface area contributed by atoms with Crippen molar-refractivity contribution in [1.82, 2.24) is 5.32 Å². The molecule has 0 saturated carbocycles. The van der Waals surface area contributed by atoms with E-state index < -0.39 is 6.10 Å². The van der Waals surface area contributed by atoms with Crippen molar-refractivity contribution < 1.29 is 9.90 Å². The lowest BCUT2D eigenvalue weighted by Gasteiger charge is -2.09. The number of urea groups is 1. The van der Waals surface area contributed by atoms with Crippen LogP contribution in [0.2, 0.25) is 5.02 Å². The predicted molar refractivity (Wildman–Crippen MR) is 84.4 cm³/mol. The molecule has 0 fully saturated rings. The molecule has 2 aromatic rings. The van der Waals surface area contributed by atoms with Crippen molar-refractivity contribution in [3.63, 3.8) is 0 Å². The molecule has 2 aromatic carbocycles. The fourth-order valence-corrected chi connectivity index (χ4v) is 2.06. The summed E-state index contributed by atoms with van der Waals surface area (Å²) in [5.74, 6) is 0. The Hall–Kier alpha value is -2.04. The molecule has 4 nitrogen and oxygen atoms in total. The highest BCUT2D eigenvalue weighted by molar-refractivity contribution is 6.30. The largest absolute Gasteiger partial charge is 0.389 e. The molecule has 0 aromatic heterocycles. The van der Waals surface area contributed by atoms with Gasteiger partial charge in [0.25, 0.3) is 0 Å². The van der Waals surface area contributed by atoms with E-state index in [4.69, 9.17) is 11.6 Å². The van der Waals surface area contributed by atoms with Crippen LogP contribution in [0.3, 0.4) is 0 Å². The predicted octanol–water partition coefficient (Wildman–Crippen LogP) is 3.72. The van der Waals surface area contributed by atoms with Crippen LogP contribution >= 0.6 is 11.6 Å². The molecule has 21 heavy (non-hydrogen) atoms. The molecule has 2 amide bonds. The fraction of sp³-hybridized carbons (Fsp3) is 0.188. The zero-order valence-electron chi connectivity index (χ0n) is 11.6. The Morgan fingerprint density at radius 2 is 1.95 bits per heavy atom. The number of halogens is 1. The van der Waals surface area contributed by atoms with Gasteiger partial charge in [-0.25, -0.2) is 4.79 Å². The van der Waals surface area contributed by atoms with Crippen LogP contribution in [0.25, 0.3) is 0 Å². The summed E-state index contributed by atoms with van der Waals surface area (Å²) in [6.07, 6.45) is -0.518. The minimum absolute atomic E-state index is 0.292. The molecule has 5 heteroatoms. The molecule has 1 atom stereocenters. The molecule has 0 aliphatic carbocycles. The molecule has 2 rings (SSSR count). The third-order valence-corrected chi connectivity index (χ3v) is 3.23. The van der Waals surface area contributed by atoms with Gasteiger partial charge in [0.1, 0.15) is 0 Å². The average Bonchev–Trinajstić information content (AvgIpc) is 2.46. The minimum atomic E-state index is -0.518. The van der Waals surface area contributed by atoms with Crippen molar-refractivity contribution in [2.75, 3.05) is 5.32 Å². The smallest absolute Gasteiger partial charge is 0.319 e. The van der Waals surface area contributed by atoms with Crippen LogP contribution in [-0.2, 0) is 6.54 Å². The van der Waals surface area contributed by atoms with Gasteiger partial charge >= 0.3 is 6.03 Å². The first-order chi connectivity index (χ1) is 10.0. The summed E-state index contributed by atoms with van der Waals surface area (Å²) in [6, 6.07) is 14.1. The second-order valence-electron chi connectivity index (χ2n) is 4.74. The number of aliphatic hydroxyl groups excluding tert-OH is 1. The van der Waals surface area contributed by atoms with Crippen LogP contribution in [0.4, 0.5) is 10.5 Å². The Balaban J connectivity index is 1.87. The van der Waals surface area contributed by atoms with Gasteiger partial charge in [-0.05, 0) is 42.3 Å². The van der Waals surface area contributed by atoms with Crippen LogP contribution in [0.5, 0.6) is 0 Å². The van der Waals surface area contributed by atoms with E-state index in [1.165, 1.54) is 0 Å². The van der Waals surface area contributed by atoms with E-state index in [2.05, 4.69) is 10.6 Å². The molecular formula is C16H17ClN2O2. The second-order valence-corrected chi connectivity index (χ2v) is 5.17. The van der Waals surface area contributed by atoms with E-state index >= 15 is 0 Å². The van der Waals surface area contributed by atoms with Gasteiger partial charge in [-0.2, -0.15) is 0 Å². The third-order valence-electron chi connectivity index (χ3n) is 2.99. The molecule has 3 N–H and O–H groups in total. The van der Waals surface area contributed by atoms with Gasteiger partial charge in [0.2, 0.25) is 0 Å². The van der Waals surface area contributed by atoms with Crippen molar-refractivity contribution in [1.29, 1.82) is 0 Å². The third kappa shape index (κ3) is 4.77. The highest BCUT2D eigenvalue weighted by atomic mass is 35.5. The highest BCUT2D eigenvalue weighted by Gasteiger charge is 2.04. The van der Waals surface area contributed by atoms with Crippen LogP contribution in [0.15, 0.2) is 48.5 Å². The molecule has 0 aliphatic heterocycles. The quantitative estimate of drug-likeness (QED) is 0.806. The summed E-state index contributed by atoms with van der Waals surface area (Å²) < 4.78 is 0. The monoisotopic (exact) mass is 304 g/mol. The zero-order chi connectivity index (χ0) is 15.2. The summed E-state index contributed by atoms with van der Waals surface area (Å²) in [7, 11) is 0. The summed E-state index contributed by atoms with van der Waals surface area (Å²) in [4.78, 5) is 11.8. The summed E-state index contributed by atoms with van der Waals surface area (Å²) >= 11 is 5.88. The fourth-order valence-electron chi connectivity index (χ4n) is 1.85. The van der Waals surface area contributed by atoms with E-state index in [0.717, 1.165) is 11.1 Å². The number of amides is 2. The Labute approximate surface area is 128 Å². The number of hydrogen-bond acceptors (Lipinski definition) is 2. The van der Waals surface area contributed by atoms with Gasteiger partial charge < -0.3 is 15.7 Å². The van der Waals surface area contributed by atoms with Gasteiger partial charge in [0.15, 0.2) is 0 Å². The Kier molecular flexibility index (Phi) is 5.20. The number of benzene rings is 2. The first-order valence-electron chi connectivity index (χ1n) is 6.62. The normalized spacial score (nSPS) is 11.8. The molecule has 110 valence electrons. The highest BCUT2D eigenvalue weighted by Crippen LogP contribution is 2.15. The van der Waals surface area contributed by atoms with Crippen molar-refractivity contribution in [3.05, 3.63) is 64.7 Å². The Morgan fingerprint density at radius 3 is 2.57 bits per heavy atom. The summed E-state index contributed by atoms with van der Waals surface area (Å²) in [6.45, 7) is 2.10. The first kappa shape index (κ1) is 15.4. The number of nitrogens with one attached hydrogen (secondary N) is 2. The number of anilines is 1. The van der Waals surface area contributed by atoms with E-state index in [1.807, 2.05) is 12.1 Å². The maximum atomic E-state index is 11.8. The molecule has 0 aliphatic rings. The van der Waals surface area contributed by atoms with Gasteiger partial charge in [-0.3, -0.25) is 0 Å².